The van der Waals surface area contributed by atoms with E-state index in [2.05, 4.69) is 9.97 Å². The first kappa shape index (κ1) is 13.4. The van der Waals surface area contributed by atoms with Crippen molar-refractivity contribution in [1.29, 1.82) is 0 Å². The molecule has 0 aliphatic heterocycles. The summed E-state index contributed by atoms with van der Waals surface area (Å²) < 4.78 is 10.1. The van der Waals surface area contributed by atoms with E-state index in [1.165, 1.54) is 21.6 Å². The number of benzene rings is 2. The highest BCUT2D eigenvalue weighted by Crippen LogP contribution is 2.38. The van der Waals surface area contributed by atoms with Crippen LogP contribution in [0, 0.1) is 0 Å². The molecule has 4 rings (SSSR count). The normalized spacial score (nSPS) is 11.5. The van der Waals surface area contributed by atoms with Crippen molar-refractivity contribution >= 4 is 43.8 Å². The maximum atomic E-state index is 11.1. The van der Waals surface area contributed by atoms with E-state index in [0.29, 0.717) is 22.2 Å². The molecule has 2 heterocycles. The standard InChI is InChI=1S/C14H8N2O4S2/c17-13-15-9-3-1-7(5-11(9)19-13)21-22-8-2-4-10-12(6-8)20-14(18)16-10/h1-6H,(H,15,17)(H,16,18). The Kier molecular flexibility index (Phi) is 3.12. The van der Waals surface area contributed by atoms with E-state index in [4.69, 9.17) is 8.83 Å². The van der Waals surface area contributed by atoms with Gasteiger partial charge in [-0.25, -0.2) is 9.59 Å². The zero-order chi connectivity index (χ0) is 15.1. The van der Waals surface area contributed by atoms with E-state index < -0.39 is 11.5 Å². The minimum atomic E-state index is -0.460. The maximum Gasteiger partial charge on any atom is 0.417 e. The Balaban J connectivity index is 1.58. The lowest BCUT2D eigenvalue weighted by atomic mass is 10.3. The lowest BCUT2D eigenvalue weighted by Gasteiger charge is -2.01. The van der Waals surface area contributed by atoms with E-state index in [1.807, 2.05) is 12.1 Å². The Morgan fingerprint density at radius 3 is 1.64 bits per heavy atom. The van der Waals surface area contributed by atoms with Gasteiger partial charge in [0.1, 0.15) is 0 Å². The summed E-state index contributed by atoms with van der Waals surface area (Å²) in [4.78, 5) is 29.4. The SMILES string of the molecule is O=c1[nH]c2ccc(SSc3ccc4[nH]c(=O)oc4c3)cc2o1. The van der Waals surface area contributed by atoms with Crippen LogP contribution in [0.25, 0.3) is 22.2 Å². The molecule has 110 valence electrons. The summed E-state index contributed by atoms with van der Waals surface area (Å²) in [6.45, 7) is 0. The molecule has 22 heavy (non-hydrogen) atoms. The van der Waals surface area contributed by atoms with Gasteiger partial charge in [0.05, 0.1) is 11.0 Å². The van der Waals surface area contributed by atoms with Crippen LogP contribution in [-0.4, -0.2) is 9.97 Å². The summed E-state index contributed by atoms with van der Waals surface area (Å²) in [6.07, 6.45) is 0. The number of nitrogens with one attached hydrogen (secondary N) is 2. The minimum Gasteiger partial charge on any atom is -0.408 e. The van der Waals surface area contributed by atoms with Gasteiger partial charge in [0.15, 0.2) is 11.2 Å². The molecule has 8 heteroatoms. The second-order valence-corrected chi connectivity index (χ2v) is 6.79. The zero-order valence-electron chi connectivity index (χ0n) is 10.9. The van der Waals surface area contributed by atoms with Gasteiger partial charge in [-0.1, -0.05) is 21.6 Å². The van der Waals surface area contributed by atoms with Gasteiger partial charge in [-0.2, -0.15) is 0 Å². The predicted molar refractivity (Wildman–Crippen MR) is 85.4 cm³/mol. The summed E-state index contributed by atoms with van der Waals surface area (Å²) in [5.41, 5.74) is 2.41. The molecular weight excluding hydrogens is 324 g/mol. The third-order valence-corrected chi connectivity index (χ3v) is 5.40. The van der Waals surface area contributed by atoms with Crippen molar-refractivity contribution in [2.24, 2.45) is 0 Å². The Morgan fingerprint density at radius 1 is 0.727 bits per heavy atom. The second kappa shape index (κ2) is 5.15. The van der Waals surface area contributed by atoms with Crippen molar-refractivity contribution < 1.29 is 8.83 Å². The van der Waals surface area contributed by atoms with Gasteiger partial charge in [-0.3, -0.25) is 9.97 Å². The molecular formula is C14H8N2O4S2. The predicted octanol–water partition coefficient (Wildman–Crippen LogP) is 3.36. The molecule has 0 atom stereocenters. The summed E-state index contributed by atoms with van der Waals surface area (Å²) in [6, 6.07) is 11.0. The van der Waals surface area contributed by atoms with Crippen molar-refractivity contribution in [2.45, 2.75) is 9.79 Å². The number of aromatic amines is 2. The first-order valence-electron chi connectivity index (χ1n) is 6.28. The number of rotatable bonds is 3. The zero-order valence-corrected chi connectivity index (χ0v) is 12.5. The summed E-state index contributed by atoms with van der Waals surface area (Å²) in [5, 5.41) is 0. The highest BCUT2D eigenvalue weighted by molar-refractivity contribution is 8.76. The van der Waals surface area contributed by atoms with Gasteiger partial charge < -0.3 is 8.83 Å². The minimum absolute atomic E-state index is 0.460. The van der Waals surface area contributed by atoms with Crippen molar-refractivity contribution in [3.63, 3.8) is 0 Å². The number of aromatic nitrogens is 2. The van der Waals surface area contributed by atoms with Crippen LogP contribution in [0.2, 0.25) is 0 Å². The molecule has 0 amide bonds. The average molecular weight is 332 g/mol. The van der Waals surface area contributed by atoms with Crippen LogP contribution in [-0.2, 0) is 0 Å². The quantitative estimate of drug-likeness (QED) is 0.559. The monoisotopic (exact) mass is 332 g/mol. The van der Waals surface area contributed by atoms with Crippen LogP contribution in [0.4, 0.5) is 0 Å². The molecule has 0 aliphatic rings. The van der Waals surface area contributed by atoms with Gasteiger partial charge >= 0.3 is 11.5 Å². The van der Waals surface area contributed by atoms with Crippen molar-refractivity contribution in [3.8, 4) is 0 Å². The van der Waals surface area contributed by atoms with Gasteiger partial charge in [0.25, 0.3) is 0 Å². The fourth-order valence-electron chi connectivity index (χ4n) is 2.05. The highest BCUT2D eigenvalue weighted by atomic mass is 33.1. The maximum absolute atomic E-state index is 11.1. The van der Waals surface area contributed by atoms with Gasteiger partial charge in [-0.15, -0.1) is 0 Å². The number of oxazole rings is 2. The van der Waals surface area contributed by atoms with Crippen LogP contribution in [0.5, 0.6) is 0 Å². The number of H-pyrrole nitrogens is 2. The van der Waals surface area contributed by atoms with E-state index in [1.54, 1.807) is 24.3 Å². The second-order valence-electron chi connectivity index (χ2n) is 4.51. The molecule has 0 spiro atoms. The molecule has 0 aliphatic carbocycles. The molecule has 0 fully saturated rings. The Labute approximate surface area is 130 Å². The number of hydrogen-bond acceptors (Lipinski definition) is 6. The van der Waals surface area contributed by atoms with Crippen molar-refractivity contribution in [2.75, 3.05) is 0 Å². The highest BCUT2D eigenvalue weighted by Gasteiger charge is 2.06. The van der Waals surface area contributed by atoms with Gasteiger partial charge in [0, 0.05) is 9.79 Å². The van der Waals surface area contributed by atoms with Crippen LogP contribution in [0.3, 0.4) is 0 Å². The van der Waals surface area contributed by atoms with E-state index >= 15 is 0 Å². The van der Waals surface area contributed by atoms with E-state index in [0.717, 1.165) is 9.79 Å². The largest absolute Gasteiger partial charge is 0.417 e. The Bertz CT molecular complexity index is 1000. The first-order valence-corrected chi connectivity index (χ1v) is 8.43. The average Bonchev–Trinajstić information content (AvgIpc) is 3.04. The smallest absolute Gasteiger partial charge is 0.408 e. The van der Waals surface area contributed by atoms with Crippen LogP contribution >= 0.6 is 21.6 Å². The lowest BCUT2D eigenvalue weighted by Crippen LogP contribution is -1.92. The molecule has 4 aromatic rings. The van der Waals surface area contributed by atoms with Crippen LogP contribution in [0.1, 0.15) is 0 Å². The summed E-state index contributed by atoms with van der Waals surface area (Å²) in [5.74, 6) is -0.921. The topological polar surface area (TPSA) is 92.0 Å². The van der Waals surface area contributed by atoms with Crippen molar-refractivity contribution in [1.82, 2.24) is 9.97 Å². The fourth-order valence-corrected chi connectivity index (χ4v) is 4.00. The van der Waals surface area contributed by atoms with E-state index in [-0.39, 0.29) is 0 Å². The van der Waals surface area contributed by atoms with Gasteiger partial charge in [0.2, 0.25) is 0 Å². The van der Waals surface area contributed by atoms with Gasteiger partial charge in [-0.05, 0) is 36.4 Å². The molecule has 0 bridgehead atoms. The number of hydrogen-bond donors (Lipinski definition) is 2. The first-order chi connectivity index (χ1) is 10.7. The molecule has 0 saturated heterocycles. The third-order valence-electron chi connectivity index (χ3n) is 3.02. The van der Waals surface area contributed by atoms with Crippen LogP contribution in [0.15, 0.2) is 64.6 Å². The number of fused-ring (bicyclic) bond motifs is 2. The summed E-state index contributed by atoms with van der Waals surface area (Å²) >= 11 is 0. The summed E-state index contributed by atoms with van der Waals surface area (Å²) in [7, 11) is 3.05. The Hall–Kier alpha value is -2.32. The Morgan fingerprint density at radius 2 is 1.18 bits per heavy atom. The molecule has 2 aromatic heterocycles. The molecule has 2 aromatic carbocycles. The fraction of sp³-hybridized carbons (Fsp3) is 0. The van der Waals surface area contributed by atoms with E-state index in [9.17, 15) is 9.59 Å². The van der Waals surface area contributed by atoms with Crippen LogP contribution < -0.4 is 11.5 Å². The third kappa shape index (κ3) is 2.46. The lowest BCUT2D eigenvalue weighted by molar-refractivity contribution is 0.554. The molecule has 6 nitrogen and oxygen atoms in total. The molecule has 0 radical (unpaired) electrons. The molecule has 2 N–H and O–H groups in total. The molecule has 0 saturated carbocycles. The molecule has 0 unspecified atom stereocenters. The van der Waals surface area contributed by atoms with Crippen molar-refractivity contribution in [3.05, 3.63) is 57.5 Å².